The summed E-state index contributed by atoms with van der Waals surface area (Å²) >= 11 is 0. The summed E-state index contributed by atoms with van der Waals surface area (Å²) in [6, 6.07) is 6.49. The fourth-order valence-corrected chi connectivity index (χ4v) is 3.33. The van der Waals surface area contributed by atoms with Crippen molar-refractivity contribution in [2.75, 3.05) is 32.9 Å². The summed E-state index contributed by atoms with van der Waals surface area (Å²) in [6.07, 6.45) is 3.76. The molecule has 3 rings (SSSR count). The minimum atomic E-state index is -0.313. The first-order valence-corrected chi connectivity index (χ1v) is 8.48. The van der Waals surface area contributed by atoms with E-state index in [2.05, 4.69) is 0 Å². The number of amides is 1. The van der Waals surface area contributed by atoms with Crippen LogP contribution >= 0.6 is 0 Å². The van der Waals surface area contributed by atoms with Gasteiger partial charge in [0.05, 0.1) is 19.1 Å². The molecule has 2 heterocycles. The molecule has 1 amide bonds. The zero-order valence-corrected chi connectivity index (χ0v) is 13.4. The quantitative estimate of drug-likeness (QED) is 0.837. The van der Waals surface area contributed by atoms with Crippen LogP contribution in [-0.2, 0) is 9.53 Å². The lowest BCUT2D eigenvalue weighted by Crippen LogP contribution is -2.42. The van der Waals surface area contributed by atoms with Gasteiger partial charge in [0.15, 0.2) is 11.6 Å². The molecule has 0 saturated carbocycles. The molecule has 2 aliphatic rings. The zero-order chi connectivity index (χ0) is 16.1. The molecule has 1 atom stereocenters. The molecule has 4 nitrogen and oxygen atoms in total. The lowest BCUT2D eigenvalue weighted by atomic mass is 9.93. The second kappa shape index (κ2) is 7.77. The Morgan fingerprint density at radius 3 is 2.74 bits per heavy atom. The Labute approximate surface area is 136 Å². The van der Waals surface area contributed by atoms with Crippen LogP contribution in [-0.4, -0.2) is 43.7 Å². The van der Waals surface area contributed by atoms with Gasteiger partial charge in [0.25, 0.3) is 0 Å². The van der Waals surface area contributed by atoms with Gasteiger partial charge in [-0.25, -0.2) is 4.39 Å². The van der Waals surface area contributed by atoms with Crippen molar-refractivity contribution in [2.45, 2.75) is 25.7 Å². The number of nitrogens with zero attached hydrogens (tertiary/aromatic N) is 1. The normalized spacial score (nSPS) is 22.3. The molecule has 0 aliphatic carbocycles. The number of para-hydroxylation sites is 1. The van der Waals surface area contributed by atoms with Gasteiger partial charge in [0.1, 0.15) is 0 Å². The van der Waals surface area contributed by atoms with Gasteiger partial charge in [-0.3, -0.25) is 4.79 Å². The molecule has 0 aromatic heterocycles. The minimum absolute atomic E-state index is 0.0657. The Kier molecular flexibility index (Phi) is 5.49. The van der Waals surface area contributed by atoms with Gasteiger partial charge in [0.2, 0.25) is 5.91 Å². The van der Waals surface area contributed by atoms with Gasteiger partial charge in [-0.2, -0.15) is 0 Å². The molecule has 126 valence electrons. The van der Waals surface area contributed by atoms with Crippen LogP contribution in [0.5, 0.6) is 5.75 Å². The standard InChI is InChI=1S/C18H24FNO3/c19-16-3-1-2-4-17(16)23-12-7-14-5-9-20(10-6-14)18(21)15-8-11-22-13-15/h1-4,14-15H,5-13H2. The summed E-state index contributed by atoms with van der Waals surface area (Å²) in [4.78, 5) is 14.3. The SMILES string of the molecule is O=C(C1CCOC1)N1CCC(CCOc2ccccc2F)CC1. The number of halogens is 1. The maximum absolute atomic E-state index is 13.5. The summed E-state index contributed by atoms with van der Waals surface area (Å²) in [5.74, 6) is 0.873. The minimum Gasteiger partial charge on any atom is -0.491 e. The van der Waals surface area contributed by atoms with E-state index in [0.29, 0.717) is 31.5 Å². The van der Waals surface area contributed by atoms with Crippen molar-refractivity contribution < 1.29 is 18.7 Å². The van der Waals surface area contributed by atoms with E-state index in [1.54, 1.807) is 18.2 Å². The van der Waals surface area contributed by atoms with Gasteiger partial charge in [0, 0.05) is 19.7 Å². The van der Waals surface area contributed by atoms with Crippen LogP contribution in [0.1, 0.15) is 25.7 Å². The van der Waals surface area contributed by atoms with Gasteiger partial charge >= 0.3 is 0 Å². The molecular formula is C18H24FNO3. The van der Waals surface area contributed by atoms with E-state index < -0.39 is 0 Å². The number of likely N-dealkylation sites (tertiary alicyclic amines) is 1. The van der Waals surface area contributed by atoms with E-state index in [4.69, 9.17) is 9.47 Å². The summed E-state index contributed by atoms with van der Waals surface area (Å²) in [5.41, 5.74) is 0. The molecule has 5 heteroatoms. The number of ether oxygens (including phenoxy) is 2. The predicted octanol–water partition coefficient (Wildman–Crippen LogP) is 2.87. The monoisotopic (exact) mass is 321 g/mol. The lowest BCUT2D eigenvalue weighted by Gasteiger charge is -2.33. The van der Waals surface area contributed by atoms with Crippen molar-refractivity contribution in [2.24, 2.45) is 11.8 Å². The van der Waals surface area contributed by atoms with Crippen LogP contribution in [0.15, 0.2) is 24.3 Å². The molecule has 2 aliphatic heterocycles. The highest BCUT2D eigenvalue weighted by Gasteiger charge is 2.30. The number of rotatable bonds is 5. The highest BCUT2D eigenvalue weighted by Crippen LogP contribution is 2.24. The number of carbonyl (C=O) groups excluding carboxylic acids is 1. The zero-order valence-electron chi connectivity index (χ0n) is 13.4. The van der Waals surface area contributed by atoms with E-state index in [-0.39, 0.29) is 17.6 Å². The summed E-state index contributed by atoms with van der Waals surface area (Å²) in [7, 11) is 0. The number of benzene rings is 1. The molecule has 0 radical (unpaired) electrons. The summed E-state index contributed by atoms with van der Waals surface area (Å²) in [6.45, 7) is 3.45. The first-order valence-electron chi connectivity index (χ1n) is 8.48. The highest BCUT2D eigenvalue weighted by molar-refractivity contribution is 5.79. The van der Waals surface area contributed by atoms with Crippen molar-refractivity contribution in [1.29, 1.82) is 0 Å². The molecule has 1 aromatic carbocycles. The smallest absolute Gasteiger partial charge is 0.228 e. The van der Waals surface area contributed by atoms with E-state index >= 15 is 0 Å². The Hall–Kier alpha value is -1.62. The lowest BCUT2D eigenvalue weighted by molar-refractivity contribution is -0.136. The Morgan fingerprint density at radius 1 is 1.26 bits per heavy atom. The third-order valence-corrected chi connectivity index (χ3v) is 4.83. The third-order valence-electron chi connectivity index (χ3n) is 4.83. The van der Waals surface area contributed by atoms with E-state index in [9.17, 15) is 9.18 Å². The second-order valence-corrected chi connectivity index (χ2v) is 6.40. The van der Waals surface area contributed by atoms with E-state index in [1.807, 2.05) is 4.90 Å². The number of hydrogen-bond acceptors (Lipinski definition) is 3. The van der Waals surface area contributed by atoms with E-state index in [0.717, 1.165) is 38.8 Å². The van der Waals surface area contributed by atoms with Crippen LogP contribution in [0, 0.1) is 17.7 Å². The molecule has 2 saturated heterocycles. The Morgan fingerprint density at radius 2 is 2.04 bits per heavy atom. The maximum Gasteiger partial charge on any atom is 0.228 e. The molecule has 0 bridgehead atoms. The van der Waals surface area contributed by atoms with Gasteiger partial charge in [-0.15, -0.1) is 0 Å². The van der Waals surface area contributed by atoms with Crippen LogP contribution in [0.2, 0.25) is 0 Å². The van der Waals surface area contributed by atoms with Crippen LogP contribution in [0.4, 0.5) is 4.39 Å². The van der Waals surface area contributed by atoms with Gasteiger partial charge in [-0.05, 0) is 43.7 Å². The van der Waals surface area contributed by atoms with Crippen molar-refractivity contribution in [3.63, 3.8) is 0 Å². The summed E-state index contributed by atoms with van der Waals surface area (Å²) < 4.78 is 24.3. The van der Waals surface area contributed by atoms with Crippen LogP contribution in [0.25, 0.3) is 0 Å². The summed E-state index contributed by atoms with van der Waals surface area (Å²) in [5, 5.41) is 0. The Bertz CT molecular complexity index is 523. The molecule has 1 unspecified atom stereocenters. The average Bonchev–Trinajstić information content (AvgIpc) is 3.11. The fraction of sp³-hybridized carbons (Fsp3) is 0.611. The van der Waals surface area contributed by atoms with Crippen LogP contribution in [0.3, 0.4) is 0 Å². The van der Waals surface area contributed by atoms with Crippen molar-refractivity contribution in [3.05, 3.63) is 30.1 Å². The van der Waals surface area contributed by atoms with Crippen LogP contribution < -0.4 is 4.74 Å². The molecular weight excluding hydrogens is 297 g/mol. The highest BCUT2D eigenvalue weighted by atomic mass is 19.1. The third kappa shape index (κ3) is 4.22. The van der Waals surface area contributed by atoms with Crippen molar-refractivity contribution in [3.8, 4) is 5.75 Å². The molecule has 1 aromatic rings. The molecule has 2 fully saturated rings. The first kappa shape index (κ1) is 16.2. The van der Waals surface area contributed by atoms with Crippen molar-refractivity contribution >= 4 is 5.91 Å². The van der Waals surface area contributed by atoms with Gasteiger partial charge in [-0.1, -0.05) is 12.1 Å². The number of carbonyl (C=O) groups is 1. The largest absolute Gasteiger partial charge is 0.491 e. The molecule has 0 spiro atoms. The Balaban J connectivity index is 1.37. The first-order chi connectivity index (χ1) is 11.2. The predicted molar refractivity (Wildman–Crippen MR) is 84.7 cm³/mol. The van der Waals surface area contributed by atoms with E-state index in [1.165, 1.54) is 6.07 Å². The second-order valence-electron chi connectivity index (χ2n) is 6.40. The maximum atomic E-state index is 13.5. The molecule has 23 heavy (non-hydrogen) atoms. The van der Waals surface area contributed by atoms with Crippen molar-refractivity contribution in [1.82, 2.24) is 4.90 Å². The van der Waals surface area contributed by atoms with Gasteiger partial charge < -0.3 is 14.4 Å². The fourth-order valence-electron chi connectivity index (χ4n) is 3.33. The number of piperidine rings is 1. The molecule has 0 N–H and O–H groups in total. The topological polar surface area (TPSA) is 38.8 Å². The number of hydrogen-bond donors (Lipinski definition) is 0. The average molecular weight is 321 g/mol.